The maximum absolute atomic E-state index is 5.46. The number of hydrogen-bond donors (Lipinski definition) is 0. The Morgan fingerprint density at radius 1 is 1.39 bits per heavy atom. The predicted octanol–water partition coefficient (Wildman–Crippen LogP) is 2.35. The highest BCUT2D eigenvalue weighted by atomic mass is 15.3. The molecule has 0 aliphatic carbocycles. The van der Waals surface area contributed by atoms with E-state index in [1.807, 2.05) is 6.20 Å². The van der Waals surface area contributed by atoms with Crippen LogP contribution in [0.2, 0.25) is 0 Å². The van der Waals surface area contributed by atoms with E-state index in [4.69, 9.17) is 6.42 Å². The first-order valence-corrected chi connectivity index (χ1v) is 6.90. The smallest absolute Gasteiger partial charge is 0.0536 e. The van der Waals surface area contributed by atoms with E-state index in [1.54, 1.807) is 0 Å². The van der Waals surface area contributed by atoms with Crippen LogP contribution in [0.15, 0.2) is 12.4 Å². The number of piperidine rings is 1. The molecule has 1 saturated heterocycles. The van der Waals surface area contributed by atoms with E-state index < -0.39 is 0 Å². The normalized spacial score (nSPS) is 18.1. The molecule has 2 heterocycles. The van der Waals surface area contributed by atoms with E-state index in [1.165, 1.54) is 5.56 Å². The lowest BCUT2D eigenvalue weighted by atomic mass is 9.98. The van der Waals surface area contributed by atoms with Gasteiger partial charge in [-0.2, -0.15) is 5.10 Å². The zero-order valence-electron chi connectivity index (χ0n) is 11.5. The van der Waals surface area contributed by atoms with Gasteiger partial charge in [0.25, 0.3) is 0 Å². The van der Waals surface area contributed by atoms with Crippen molar-refractivity contribution in [2.45, 2.75) is 39.2 Å². The molecule has 1 aliphatic rings. The number of hydrogen-bond acceptors (Lipinski definition) is 2. The van der Waals surface area contributed by atoms with E-state index in [-0.39, 0.29) is 0 Å². The van der Waals surface area contributed by atoms with E-state index >= 15 is 0 Å². The van der Waals surface area contributed by atoms with Crippen LogP contribution in [0.3, 0.4) is 0 Å². The minimum absolute atomic E-state index is 0.499. The van der Waals surface area contributed by atoms with Crippen LogP contribution < -0.4 is 0 Å². The second-order valence-electron chi connectivity index (χ2n) is 5.47. The van der Waals surface area contributed by atoms with Crippen molar-refractivity contribution in [2.75, 3.05) is 19.6 Å². The molecule has 3 heteroatoms. The molecule has 1 aliphatic heterocycles. The van der Waals surface area contributed by atoms with Crippen molar-refractivity contribution < 1.29 is 0 Å². The van der Waals surface area contributed by atoms with Crippen molar-refractivity contribution in [2.24, 2.45) is 5.92 Å². The Balaban J connectivity index is 1.76. The molecule has 0 N–H and O–H groups in total. The molecule has 3 nitrogen and oxygen atoms in total. The van der Waals surface area contributed by atoms with Gasteiger partial charge in [-0.3, -0.25) is 4.68 Å². The quantitative estimate of drug-likeness (QED) is 0.759. The third-order valence-corrected chi connectivity index (χ3v) is 3.79. The van der Waals surface area contributed by atoms with Crippen LogP contribution in [0.4, 0.5) is 0 Å². The molecule has 98 valence electrons. The fourth-order valence-corrected chi connectivity index (χ4v) is 2.37. The Bertz CT molecular complexity index is 406. The Labute approximate surface area is 110 Å². The summed E-state index contributed by atoms with van der Waals surface area (Å²) in [6.07, 6.45) is 11.9. The molecule has 1 fully saturated rings. The van der Waals surface area contributed by atoms with Crippen molar-refractivity contribution in [3.05, 3.63) is 18.0 Å². The fourth-order valence-electron chi connectivity index (χ4n) is 2.37. The van der Waals surface area contributed by atoms with Gasteiger partial charge in [0.05, 0.1) is 12.7 Å². The average Bonchev–Trinajstić information content (AvgIpc) is 2.86. The maximum Gasteiger partial charge on any atom is 0.0536 e. The summed E-state index contributed by atoms with van der Waals surface area (Å²) >= 11 is 0. The van der Waals surface area contributed by atoms with Crippen molar-refractivity contribution in [1.29, 1.82) is 0 Å². The highest BCUT2D eigenvalue weighted by Crippen LogP contribution is 2.16. The van der Waals surface area contributed by atoms with Gasteiger partial charge >= 0.3 is 0 Å². The predicted molar refractivity (Wildman–Crippen MR) is 74.3 cm³/mol. The van der Waals surface area contributed by atoms with Crippen LogP contribution in [0.25, 0.3) is 0 Å². The monoisotopic (exact) mass is 245 g/mol. The fraction of sp³-hybridized carbons (Fsp3) is 0.667. The molecule has 0 radical (unpaired) electrons. The number of aromatic nitrogens is 2. The lowest BCUT2D eigenvalue weighted by molar-refractivity contribution is 0.197. The maximum atomic E-state index is 5.46. The zero-order chi connectivity index (χ0) is 13.0. The van der Waals surface area contributed by atoms with Gasteiger partial charge < -0.3 is 4.90 Å². The van der Waals surface area contributed by atoms with Gasteiger partial charge in [-0.1, -0.05) is 13.8 Å². The van der Waals surface area contributed by atoms with E-state index in [2.05, 4.69) is 40.6 Å². The molecule has 2 rings (SSSR count). The minimum Gasteiger partial charge on any atom is -0.301 e. The molecule has 0 spiro atoms. The van der Waals surface area contributed by atoms with Gasteiger partial charge in [0.15, 0.2) is 0 Å². The second-order valence-corrected chi connectivity index (χ2v) is 5.47. The van der Waals surface area contributed by atoms with Crippen molar-refractivity contribution in [3.63, 3.8) is 0 Å². The summed E-state index contributed by atoms with van der Waals surface area (Å²) in [5.74, 6) is 3.93. The molecular formula is C15H23N3. The third-order valence-electron chi connectivity index (χ3n) is 3.79. The molecule has 1 aromatic rings. The Hall–Kier alpha value is -1.27. The summed E-state index contributed by atoms with van der Waals surface area (Å²) in [6.45, 7) is 8.72. The summed E-state index contributed by atoms with van der Waals surface area (Å²) < 4.78 is 2.06. The molecule has 0 saturated carbocycles. The van der Waals surface area contributed by atoms with Gasteiger partial charge in [-0.25, -0.2) is 0 Å². The topological polar surface area (TPSA) is 21.1 Å². The summed E-state index contributed by atoms with van der Waals surface area (Å²) in [5, 5.41) is 4.41. The Morgan fingerprint density at radius 3 is 2.67 bits per heavy atom. The summed E-state index contributed by atoms with van der Waals surface area (Å²) in [5.41, 5.74) is 1.32. The first-order valence-electron chi connectivity index (χ1n) is 6.90. The van der Waals surface area contributed by atoms with Crippen LogP contribution in [0, 0.1) is 18.3 Å². The Morgan fingerprint density at radius 2 is 2.11 bits per heavy atom. The van der Waals surface area contributed by atoms with Crippen molar-refractivity contribution in [3.8, 4) is 12.3 Å². The van der Waals surface area contributed by atoms with E-state index in [9.17, 15) is 0 Å². The number of nitrogens with zero attached hydrogens (tertiary/aromatic N) is 3. The first kappa shape index (κ1) is 13.2. The van der Waals surface area contributed by atoms with Gasteiger partial charge in [0.2, 0.25) is 0 Å². The lowest BCUT2D eigenvalue weighted by Gasteiger charge is -2.29. The van der Waals surface area contributed by atoms with Gasteiger partial charge in [-0.15, -0.1) is 12.3 Å². The minimum atomic E-state index is 0.499. The number of likely N-dealkylation sites (tertiary alicyclic amines) is 1. The molecular weight excluding hydrogens is 222 g/mol. The summed E-state index contributed by atoms with van der Waals surface area (Å²) in [7, 11) is 0. The van der Waals surface area contributed by atoms with Crippen LogP contribution in [-0.2, 0) is 6.54 Å². The molecule has 0 amide bonds. The van der Waals surface area contributed by atoms with Crippen LogP contribution in [0.1, 0.15) is 38.2 Å². The van der Waals surface area contributed by atoms with Crippen molar-refractivity contribution >= 4 is 0 Å². The number of rotatable bonds is 4. The van der Waals surface area contributed by atoms with E-state index in [0.29, 0.717) is 11.8 Å². The number of terminal acetylenes is 1. The van der Waals surface area contributed by atoms with Gasteiger partial charge in [0.1, 0.15) is 0 Å². The molecule has 0 bridgehead atoms. The first-order chi connectivity index (χ1) is 8.69. The second kappa shape index (κ2) is 6.06. The zero-order valence-corrected chi connectivity index (χ0v) is 11.5. The highest BCUT2D eigenvalue weighted by molar-refractivity contribution is 5.08. The van der Waals surface area contributed by atoms with Gasteiger partial charge in [0, 0.05) is 18.7 Å². The average molecular weight is 245 g/mol. The molecule has 18 heavy (non-hydrogen) atoms. The Kier molecular flexibility index (Phi) is 4.43. The molecule has 1 aromatic heterocycles. The highest BCUT2D eigenvalue weighted by Gasteiger charge is 2.16. The largest absolute Gasteiger partial charge is 0.301 e. The van der Waals surface area contributed by atoms with Crippen LogP contribution >= 0.6 is 0 Å². The summed E-state index contributed by atoms with van der Waals surface area (Å²) in [4.78, 5) is 2.49. The molecule has 0 aromatic carbocycles. The van der Waals surface area contributed by atoms with Crippen LogP contribution in [0.5, 0.6) is 0 Å². The van der Waals surface area contributed by atoms with Crippen LogP contribution in [-0.4, -0.2) is 34.3 Å². The lowest BCUT2D eigenvalue weighted by Crippen LogP contribution is -2.35. The third kappa shape index (κ3) is 3.36. The van der Waals surface area contributed by atoms with Crippen molar-refractivity contribution in [1.82, 2.24) is 14.7 Å². The van der Waals surface area contributed by atoms with E-state index in [0.717, 1.165) is 39.0 Å². The molecule has 0 unspecified atom stereocenters. The SMILES string of the molecule is C#CC1CCN(CCn2cc(C(C)C)cn2)CC1. The standard InChI is InChI=1S/C15H23N3/c1-4-14-5-7-17(8-6-14)9-10-18-12-15(11-16-18)13(2)3/h1,11-14H,5-10H2,2-3H3. The molecule has 0 atom stereocenters. The van der Waals surface area contributed by atoms with Gasteiger partial charge in [-0.05, 0) is 37.4 Å². The summed E-state index contributed by atoms with van der Waals surface area (Å²) in [6, 6.07) is 0.